The molecule has 7 N–H and O–H groups in total. The summed E-state index contributed by atoms with van der Waals surface area (Å²) in [5.74, 6) is -0.797. The van der Waals surface area contributed by atoms with Crippen molar-refractivity contribution in [3.05, 3.63) is 39.6 Å². The molecule has 16 nitrogen and oxygen atoms in total. The summed E-state index contributed by atoms with van der Waals surface area (Å²) < 4.78 is 65.0. The van der Waals surface area contributed by atoms with Gasteiger partial charge in [0, 0.05) is 11.8 Å². The highest BCUT2D eigenvalue weighted by molar-refractivity contribution is 7.66. The van der Waals surface area contributed by atoms with Crippen LogP contribution in [0, 0.1) is 12.7 Å². The molecule has 3 aliphatic heterocycles. The number of rotatable bonds is 8. The van der Waals surface area contributed by atoms with Crippen molar-refractivity contribution in [2.24, 2.45) is 0 Å². The fourth-order valence-electron chi connectivity index (χ4n) is 3.06. The Balaban J connectivity index is 1.77. The third-order valence-corrected chi connectivity index (χ3v) is 8.31. The summed E-state index contributed by atoms with van der Waals surface area (Å²) in [4.78, 5) is 54.3. The van der Waals surface area contributed by atoms with E-state index in [1.165, 1.54) is 13.1 Å². The molecule has 190 valence electrons. The van der Waals surface area contributed by atoms with Gasteiger partial charge in [0.05, 0.1) is 17.7 Å². The summed E-state index contributed by atoms with van der Waals surface area (Å²) in [6.07, 6.45) is -5.55. The fraction of sp³-hybridized carbons (Fsp3) is 0.429. The number of ether oxygens (including phenoxy) is 1. The van der Waals surface area contributed by atoms with Crippen molar-refractivity contribution < 1.29 is 65.8 Å². The second-order valence-electron chi connectivity index (χ2n) is 7.03. The molecule has 0 spiro atoms. The molecule has 1 fully saturated rings. The molecule has 0 aliphatic carbocycles. The quantitative estimate of drug-likeness (QED) is 0.211. The average Bonchev–Trinajstić information content (AvgIpc) is 2.95. The summed E-state index contributed by atoms with van der Waals surface area (Å²) in [5.41, 5.74) is -1.20. The first-order chi connectivity index (χ1) is 15.5. The Bertz CT molecular complexity index is 1250. The van der Waals surface area contributed by atoms with Crippen molar-refractivity contribution in [3.63, 3.8) is 0 Å². The minimum absolute atomic E-state index is 0.0888. The molecule has 3 rings (SSSR count). The SMILES string of the molecule is Cc1c[nH]c2nc(=O)c([C@@H]3O[C@H](COP(=O)(O)OP(=O)(O)OP(=O)(O)O)[C@H](O)C3O)cc-2c1F. The van der Waals surface area contributed by atoms with E-state index in [1.54, 1.807) is 0 Å². The first-order valence-corrected chi connectivity index (χ1v) is 13.5. The number of nitrogens with zero attached hydrogens (tertiary/aromatic N) is 1. The molecular weight excluding hydrogens is 532 g/mol. The summed E-state index contributed by atoms with van der Waals surface area (Å²) >= 11 is 0. The first kappa shape index (κ1) is 27.2. The van der Waals surface area contributed by atoms with E-state index in [0.29, 0.717) is 0 Å². The Morgan fingerprint density at radius 3 is 2.38 bits per heavy atom. The highest BCUT2D eigenvalue weighted by atomic mass is 31.3. The molecule has 20 heteroatoms. The van der Waals surface area contributed by atoms with Crippen molar-refractivity contribution in [1.82, 2.24) is 9.97 Å². The summed E-state index contributed by atoms with van der Waals surface area (Å²) in [6.45, 7) is 0.369. The molecule has 0 aromatic carbocycles. The lowest BCUT2D eigenvalue weighted by Gasteiger charge is -2.19. The number of hydrogen-bond acceptors (Lipinski definition) is 11. The Kier molecular flexibility index (Phi) is 7.64. The number of halogens is 1. The van der Waals surface area contributed by atoms with Crippen LogP contribution in [-0.4, -0.2) is 64.7 Å². The van der Waals surface area contributed by atoms with Gasteiger partial charge in [-0.2, -0.15) is 13.6 Å². The maximum Gasteiger partial charge on any atom is 0.490 e. The molecule has 0 radical (unpaired) electrons. The lowest BCUT2D eigenvalue weighted by molar-refractivity contribution is -0.0226. The van der Waals surface area contributed by atoms with Crippen molar-refractivity contribution in [2.75, 3.05) is 6.61 Å². The number of H-pyrrole nitrogens is 1. The van der Waals surface area contributed by atoms with Crippen LogP contribution in [0.25, 0.3) is 11.4 Å². The minimum atomic E-state index is -5.77. The molecule has 0 aromatic heterocycles. The molecular formula is C14H18FN2O14P3. The number of aromatic amines is 1. The molecule has 6 atom stereocenters. The van der Waals surface area contributed by atoms with E-state index < -0.39 is 65.9 Å². The first-order valence-electron chi connectivity index (χ1n) is 8.98. The summed E-state index contributed by atoms with van der Waals surface area (Å²) in [7, 11) is -16.9. The largest absolute Gasteiger partial charge is 0.490 e. The van der Waals surface area contributed by atoms with Gasteiger partial charge in [0.1, 0.15) is 36.1 Å². The van der Waals surface area contributed by atoms with Gasteiger partial charge < -0.3 is 39.5 Å². The van der Waals surface area contributed by atoms with Crippen LogP contribution in [0.2, 0.25) is 0 Å². The Labute approximate surface area is 188 Å². The maximum absolute atomic E-state index is 14.4. The van der Waals surface area contributed by atoms with Crippen LogP contribution in [0.4, 0.5) is 4.39 Å². The van der Waals surface area contributed by atoms with Crippen molar-refractivity contribution in [1.29, 1.82) is 0 Å². The molecule has 0 amide bonds. The van der Waals surface area contributed by atoms with Crippen LogP contribution in [0.15, 0.2) is 17.1 Å². The highest BCUT2D eigenvalue weighted by Gasteiger charge is 2.47. The van der Waals surface area contributed by atoms with Crippen LogP contribution < -0.4 is 5.56 Å². The van der Waals surface area contributed by atoms with Crippen LogP contribution in [-0.2, 0) is 31.6 Å². The van der Waals surface area contributed by atoms with Gasteiger partial charge in [-0.15, -0.1) is 0 Å². The molecule has 3 heterocycles. The number of pyridine rings is 2. The lowest BCUT2D eigenvalue weighted by atomic mass is 10.00. The van der Waals surface area contributed by atoms with Gasteiger partial charge in [0.2, 0.25) is 0 Å². The normalized spacial score (nSPS) is 26.9. The molecule has 0 bridgehead atoms. The second kappa shape index (κ2) is 9.56. The number of aliphatic hydroxyl groups excluding tert-OH is 2. The van der Waals surface area contributed by atoms with Crippen LogP contribution in [0.5, 0.6) is 0 Å². The molecule has 3 unspecified atom stereocenters. The van der Waals surface area contributed by atoms with Gasteiger partial charge in [0.25, 0.3) is 5.56 Å². The van der Waals surface area contributed by atoms with Crippen molar-refractivity contribution in [2.45, 2.75) is 31.3 Å². The van der Waals surface area contributed by atoms with Gasteiger partial charge in [-0.1, -0.05) is 0 Å². The second-order valence-corrected chi connectivity index (χ2v) is 11.4. The highest BCUT2D eigenvalue weighted by Crippen LogP contribution is 2.66. The number of hydrogen-bond donors (Lipinski definition) is 7. The van der Waals surface area contributed by atoms with Crippen LogP contribution in [0.1, 0.15) is 17.2 Å². The van der Waals surface area contributed by atoms with Crippen molar-refractivity contribution >= 4 is 23.5 Å². The Morgan fingerprint density at radius 1 is 1.12 bits per heavy atom. The third-order valence-electron chi connectivity index (χ3n) is 4.51. The number of nitrogens with one attached hydrogen (secondary N) is 1. The van der Waals surface area contributed by atoms with Crippen molar-refractivity contribution in [3.8, 4) is 11.4 Å². The van der Waals surface area contributed by atoms with Gasteiger partial charge >= 0.3 is 23.5 Å². The summed E-state index contributed by atoms with van der Waals surface area (Å²) in [6, 6.07) is 1.05. The molecule has 0 aromatic rings. The zero-order valence-corrected chi connectivity index (χ0v) is 19.5. The Morgan fingerprint density at radius 2 is 1.76 bits per heavy atom. The summed E-state index contributed by atoms with van der Waals surface area (Å²) in [5, 5.41) is 20.5. The van der Waals surface area contributed by atoms with Crippen LogP contribution in [0.3, 0.4) is 0 Å². The predicted octanol–water partition coefficient (Wildman–Crippen LogP) is -0.173. The Hall–Kier alpha value is -1.42. The van der Waals surface area contributed by atoms with Gasteiger partial charge in [-0.3, -0.25) is 9.32 Å². The minimum Gasteiger partial charge on any atom is -0.387 e. The van der Waals surface area contributed by atoms with Gasteiger partial charge in [-0.25, -0.2) is 18.1 Å². The standard InChI is InChI=1S/C14H18FN2O14P3/c1-5-3-16-13-6(9(5)15)2-7(14(20)17-13)12-11(19)10(18)8(29-12)4-28-33(24,25)31-34(26,27)30-32(21,22)23/h2-3,8,10-12,18-19H,4H2,1H3,(H,24,25)(H,26,27)(H,16,17,20)(H2,21,22,23)/t8-,10+,11?,12+/m1/s1. The van der Waals surface area contributed by atoms with E-state index in [1.807, 2.05) is 0 Å². The molecule has 1 saturated heterocycles. The number of fused-ring (bicyclic) bond motifs is 1. The third kappa shape index (κ3) is 6.22. The average molecular weight is 550 g/mol. The smallest absolute Gasteiger partial charge is 0.387 e. The number of aryl methyl sites for hydroxylation is 1. The van der Waals surface area contributed by atoms with Gasteiger partial charge in [-0.05, 0) is 13.0 Å². The van der Waals surface area contributed by atoms with E-state index in [2.05, 4.69) is 23.1 Å². The lowest BCUT2D eigenvalue weighted by Crippen LogP contribution is -2.33. The zero-order valence-electron chi connectivity index (χ0n) is 16.8. The molecule has 34 heavy (non-hydrogen) atoms. The molecule has 3 aliphatic rings. The van der Waals surface area contributed by atoms with E-state index in [-0.39, 0.29) is 22.5 Å². The van der Waals surface area contributed by atoms with E-state index >= 15 is 0 Å². The van der Waals surface area contributed by atoms with Gasteiger partial charge in [0.15, 0.2) is 0 Å². The number of aliphatic hydroxyl groups is 2. The number of phosphoric ester groups is 1. The van der Waals surface area contributed by atoms with Crippen LogP contribution >= 0.6 is 23.5 Å². The van der Waals surface area contributed by atoms with E-state index in [9.17, 15) is 38.0 Å². The van der Waals surface area contributed by atoms with E-state index in [0.717, 1.165) is 6.07 Å². The predicted molar refractivity (Wildman–Crippen MR) is 106 cm³/mol. The van der Waals surface area contributed by atoms with E-state index in [4.69, 9.17) is 19.4 Å². The fourth-order valence-corrected chi connectivity index (χ4v) is 6.09. The zero-order chi connectivity index (χ0) is 25.6. The monoisotopic (exact) mass is 550 g/mol. The maximum atomic E-state index is 14.4. The topological polar surface area (TPSA) is 255 Å². The number of aromatic nitrogens is 2. The number of phosphoric acid groups is 3. The molecule has 0 saturated carbocycles.